The van der Waals surface area contributed by atoms with Crippen LogP contribution in [0.15, 0.2) is 12.7 Å². The zero-order chi connectivity index (χ0) is 11.3. The van der Waals surface area contributed by atoms with Gasteiger partial charge < -0.3 is 9.84 Å². The van der Waals surface area contributed by atoms with Crippen molar-refractivity contribution in [3.8, 4) is 0 Å². The molecule has 1 N–H and O–H groups in total. The molecule has 3 atom stereocenters. The summed E-state index contributed by atoms with van der Waals surface area (Å²) in [5, 5.41) is 9.92. The van der Waals surface area contributed by atoms with Gasteiger partial charge in [-0.25, -0.2) is 0 Å². The van der Waals surface area contributed by atoms with Gasteiger partial charge in [-0.05, 0) is 33.4 Å². The number of hydrogen-bond donors (Lipinski definition) is 1. The van der Waals surface area contributed by atoms with Crippen LogP contribution >= 0.6 is 0 Å². The van der Waals surface area contributed by atoms with Crippen LogP contribution in [0.4, 0.5) is 0 Å². The second-order valence-corrected chi connectivity index (χ2v) is 4.43. The molecule has 15 heavy (non-hydrogen) atoms. The van der Waals surface area contributed by atoms with Gasteiger partial charge in [-0.1, -0.05) is 6.08 Å². The molecular weight excluding hydrogens is 190 g/mol. The minimum absolute atomic E-state index is 0.158. The normalized spacial score (nSPS) is 31.9. The monoisotopic (exact) mass is 213 g/mol. The Morgan fingerprint density at radius 3 is 2.93 bits per heavy atom. The van der Waals surface area contributed by atoms with E-state index in [4.69, 9.17) is 4.74 Å². The first-order chi connectivity index (χ1) is 7.15. The van der Waals surface area contributed by atoms with Crippen LogP contribution in [0.5, 0.6) is 0 Å². The van der Waals surface area contributed by atoms with E-state index in [0.29, 0.717) is 6.61 Å². The quantitative estimate of drug-likeness (QED) is 0.554. The summed E-state index contributed by atoms with van der Waals surface area (Å²) in [6.45, 7) is 7.35. The average Bonchev–Trinajstić information content (AvgIpc) is 2.17. The highest BCUT2D eigenvalue weighted by Gasteiger charge is 2.30. The Morgan fingerprint density at radius 2 is 2.33 bits per heavy atom. The lowest BCUT2D eigenvalue weighted by atomic mass is 10.0. The van der Waals surface area contributed by atoms with E-state index in [1.54, 1.807) is 0 Å². The summed E-state index contributed by atoms with van der Waals surface area (Å²) in [5.41, 5.74) is 0. The van der Waals surface area contributed by atoms with Crippen LogP contribution in [0.3, 0.4) is 0 Å². The third kappa shape index (κ3) is 3.93. The van der Waals surface area contributed by atoms with Crippen molar-refractivity contribution >= 4 is 0 Å². The van der Waals surface area contributed by atoms with Gasteiger partial charge in [-0.2, -0.15) is 0 Å². The second-order valence-electron chi connectivity index (χ2n) is 4.43. The van der Waals surface area contributed by atoms with E-state index >= 15 is 0 Å². The molecule has 3 heteroatoms. The third-order valence-electron chi connectivity index (χ3n) is 3.05. The van der Waals surface area contributed by atoms with Crippen molar-refractivity contribution in [2.75, 3.05) is 20.2 Å². The number of nitrogens with zero attached hydrogens (tertiary/aromatic N) is 1. The summed E-state index contributed by atoms with van der Waals surface area (Å²) in [7, 11) is 2.05. The fourth-order valence-electron chi connectivity index (χ4n) is 2.01. The zero-order valence-electron chi connectivity index (χ0n) is 9.85. The highest BCUT2D eigenvalue weighted by atomic mass is 16.5. The van der Waals surface area contributed by atoms with Crippen LogP contribution in [0, 0.1) is 0 Å². The molecular formula is C12H23NO2. The molecule has 0 amide bonds. The first-order valence-corrected chi connectivity index (χ1v) is 5.76. The van der Waals surface area contributed by atoms with E-state index in [2.05, 4.69) is 18.5 Å². The van der Waals surface area contributed by atoms with Crippen molar-refractivity contribution in [2.45, 2.75) is 44.4 Å². The van der Waals surface area contributed by atoms with Gasteiger partial charge in [0.2, 0.25) is 0 Å². The van der Waals surface area contributed by atoms with Gasteiger partial charge in [0.1, 0.15) is 0 Å². The smallest absolute Gasteiger partial charge is 0.0742 e. The van der Waals surface area contributed by atoms with E-state index in [-0.39, 0.29) is 18.2 Å². The number of unbranched alkanes of at least 4 members (excludes halogenated alkanes) is 1. The minimum Gasteiger partial charge on any atom is -0.391 e. The molecule has 0 aliphatic carbocycles. The van der Waals surface area contributed by atoms with Crippen molar-refractivity contribution in [1.29, 1.82) is 0 Å². The molecule has 3 unspecified atom stereocenters. The second kappa shape index (κ2) is 6.26. The predicted molar refractivity (Wildman–Crippen MR) is 61.9 cm³/mol. The van der Waals surface area contributed by atoms with Crippen LogP contribution in [-0.4, -0.2) is 48.5 Å². The predicted octanol–water partition coefficient (Wildman–Crippen LogP) is 1.42. The Balaban J connectivity index is 2.31. The lowest BCUT2D eigenvalue weighted by Gasteiger charge is -2.37. The Morgan fingerprint density at radius 1 is 1.60 bits per heavy atom. The van der Waals surface area contributed by atoms with Gasteiger partial charge >= 0.3 is 0 Å². The molecule has 1 aliphatic rings. The molecule has 1 heterocycles. The molecule has 0 saturated carbocycles. The van der Waals surface area contributed by atoms with E-state index in [0.717, 1.165) is 25.8 Å². The molecule has 1 fully saturated rings. The van der Waals surface area contributed by atoms with Gasteiger partial charge in [0, 0.05) is 6.42 Å². The van der Waals surface area contributed by atoms with Gasteiger partial charge in [0.05, 0.1) is 24.9 Å². The summed E-state index contributed by atoms with van der Waals surface area (Å²) in [5.74, 6) is 0. The van der Waals surface area contributed by atoms with Crippen LogP contribution in [0.1, 0.15) is 26.2 Å². The lowest BCUT2D eigenvalue weighted by Crippen LogP contribution is -2.50. The molecule has 88 valence electrons. The van der Waals surface area contributed by atoms with Crippen LogP contribution in [0.2, 0.25) is 0 Å². The Hall–Kier alpha value is -0.380. The number of hydrogen-bond acceptors (Lipinski definition) is 3. The third-order valence-corrected chi connectivity index (χ3v) is 3.05. The molecule has 0 aromatic rings. The molecule has 0 bridgehead atoms. The topological polar surface area (TPSA) is 32.7 Å². The maximum Gasteiger partial charge on any atom is 0.0742 e. The number of allylic oxidation sites excluding steroid dienone is 1. The van der Waals surface area contributed by atoms with E-state index in [1.165, 1.54) is 0 Å². The molecule has 1 saturated heterocycles. The number of aliphatic hydroxyl groups is 1. The summed E-state index contributed by atoms with van der Waals surface area (Å²) in [6.07, 6.45) is 4.75. The number of rotatable bonds is 5. The lowest BCUT2D eigenvalue weighted by molar-refractivity contribution is -0.0883. The SMILES string of the molecule is C=CCCCN(C)C1COC(C)CC1O. The summed E-state index contributed by atoms with van der Waals surface area (Å²) < 4.78 is 5.57. The molecule has 3 nitrogen and oxygen atoms in total. The first kappa shape index (κ1) is 12.7. The fourth-order valence-corrected chi connectivity index (χ4v) is 2.01. The van der Waals surface area contributed by atoms with Crippen LogP contribution in [0.25, 0.3) is 0 Å². The molecule has 0 radical (unpaired) electrons. The summed E-state index contributed by atoms with van der Waals surface area (Å²) in [6, 6.07) is 0.158. The van der Waals surface area contributed by atoms with E-state index < -0.39 is 0 Å². The van der Waals surface area contributed by atoms with E-state index in [1.807, 2.05) is 13.0 Å². The summed E-state index contributed by atoms with van der Waals surface area (Å²) in [4.78, 5) is 2.19. The molecule has 1 rings (SSSR count). The van der Waals surface area contributed by atoms with Crippen molar-refractivity contribution in [2.24, 2.45) is 0 Å². The minimum atomic E-state index is -0.248. The van der Waals surface area contributed by atoms with Crippen molar-refractivity contribution < 1.29 is 9.84 Å². The Labute approximate surface area is 92.7 Å². The van der Waals surface area contributed by atoms with Gasteiger partial charge in [-0.15, -0.1) is 6.58 Å². The van der Waals surface area contributed by atoms with Gasteiger partial charge in [-0.3, -0.25) is 4.90 Å². The Bertz CT molecular complexity index is 196. The Kier molecular flexibility index (Phi) is 5.29. The van der Waals surface area contributed by atoms with Gasteiger partial charge in [0.25, 0.3) is 0 Å². The van der Waals surface area contributed by atoms with Gasteiger partial charge in [0.15, 0.2) is 0 Å². The van der Waals surface area contributed by atoms with Crippen molar-refractivity contribution in [1.82, 2.24) is 4.90 Å². The van der Waals surface area contributed by atoms with Crippen molar-refractivity contribution in [3.05, 3.63) is 12.7 Å². The maximum atomic E-state index is 9.92. The molecule has 0 spiro atoms. The van der Waals surface area contributed by atoms with E-state index in [9.17, 15) is 5.11 Å². The zero-order valence-corrected chi connectivity index (χ0v) is 9.85. The fraction of sp³-hybridized carbons (Fsp3) is 0.833. The number of aliphatic hydroxyl groups excluding tert-OH is 1. The standard InChI is InChI=1S/C12H23NO2/c1-4-5-6-7-13(3)11-9-15-10(2)8-12(11)14/h4,10-12,14H,1,5-9H2,2-3H3. The molecule has 0 aromatic heterocycles. The maximum absolute atomic E-state index is 9.92. The number of ether oxygens (including phenoxy) is 1. The van der Waals surface area contributed by atoms with Crippen molar-refractivity contribution in [3.63, 3.8) is 0 Å². The highest BCUT2D eigenvalue weighted by molar-refractivity contribution is 4.83. The molecule has 0 aromatic carbocycles. The average molecular weight is 213 g/mol. The first-order valence-electron chi connectivity index (χ1n) is 5.76. The summed E-state index contributed by atoms with van der Waals surface area (Å²) >= 11 is 0. The largest absolute Gasteiger partial charge is 0.391 e. The highest BCUT2D eigenvalue weighted by Crippen LogP contribution is 2.18. The van der Waals surface area contributed by atoms with Crippen LogP contribution in [-0.2, 0) is 4.74 Å². The molecule has 1 aliphatic heterocycles. The van der Waals surface area contributed by atoms with Crippen LogP contribution < -0.4 is 0 Å². The number of likely N-dealkylation sites (N-methyl/N-ethyl adjacent to an activating group) is 1.